The highest BCUT2D eigenvalue weighted by Crippen LogP contribution is 2.17. The van der Waals surface area contributed by atoms with Gasteiger partial charge in [-0.2, -0.15) is 0 Å². The molecule has 0 saturated carbocycles. The normalized spacial score (nSPS) is 11.4. The number of para-hydroxylation sites is 1. The van der Waals surface area contributed by atoms with E-state index in [9.17, 15) is 4.79 Å². The summed E-state index contributed by atoms with van der Waals surface area (Å²) in [4.78, 5) is 21.2. The van der Waals surface area contributed by atoms with Crippen LogP contribution >= 0.6 is 0 Å². The number of fused-ring (bicyclic) bond motifs is 1. The monoisotopic (exact) mass is 391 g/mol. The van der Waals surface area contributed by atoms with Crippen molar-refractivity contribution in [1.82, 2.24) is 20.5 Å². The van der Waals surface area contributed by atoms with Crippen LogP contribution in [0.15, 0.2) is 65.8 Å². The maximum Gasteiger partial charge on any atom is 0.243 e. The van der Waals surface area contributed by atoms with Crippen LogP contribution in [-0.2, 0) is 17.6 Å². The maximum atomic E-state index is 11.9. The van der Waals surface area contributed by atoms with Gasteiger partial charge in [0.15, 0.2) is 5.96 Å². The molecule has 29 heavy (non-hydrogen) atoms. The van der Waals surface area contributed by atoms with Crippen LogP contribution < -0.4 is 10.6 Å². The van der Waals surface area contributed by atoms with Crippen molar-refractivity contribution in [2.24, 2.45) is 4.99 Å². The van der Waals surface area contributed by atoms with E-state index in [1.165, 1.54) is 16.5 Å². The minimum absolute atomic E-state index is 0.0224. The summed E-state index contributed by atoms with van der Waals surface area (Å²) in [6.45, 7) is 1.61. The highest BCUT2D eigenvalue weighted by molar-refractivity contribution is 5.85. The highest BCUT2D eigenvalue weighted by Gasteiger charge is 2.06. The molecule has 0 aliphatic rings. The summed E-state index contributed by atoms with van der Waals surface area (Å²) in [5, 5.41) is 7.94. The van der Waals surface area contributed by atoms with Crippen LogP contribution in [-0.4, -0.2) is 55.5 Å². The van der Waals surface area contributed by atoms with Gasteiger partial charge in [0.05, 0.1) is 0 Å². The Morgan fingerprint density at radius 1 is 0.966 bits per heavy atom. The number of aromatic nitrogens is 1. The fourth-order valence-electron chi connectivity index (χ4n) is 3.09. The lowest BCUT2D eigenvalue weighted by Gasteiger charge is -2.14. The van der Waals surface area contributed by atoms with Gasteiger partial charge in [-0.25, -0.2) is 4.99 Å². The number of aromatic amines is 1. The zero-order chi connectivity index (χ0) is 20.5. The van der Waals surface area contributed by atoms with Crippen molar-refractivity contribution in [3.63, 3.8) is 0 Å². The number of rotatable bonds is 8. The van der Waals surface area contributed by atoms with Crippen LogP contribution in [0.2, 0.25) is 0 Å². The van der Waals surface area contributed by atoms with Gasteiger partial charge in [0.25, 0.3) is 0 Å². The van der Waals surface area contributed by atoms with Crippen molar-refractivity contribution >= 4 is 22.8 Å². The molecule has 6 heteroatoms. The number of carbonyl (C=O) groups excluding carboxylic acids is 1. The molecule has 152 valence electrons. The van der Waals surface area contributed by atoms with Crippen molar-refractivity contribution in [3.8, 4) is 0 Å². The van der Waals surface area contributed by atoms with Crippen LogP contribution in [0.5, 0.6) is 0 Å². The minimum Gasteiger partial charge on any atom is -0.361 e. The van der Waals surface area contributed by atoms with Crippen molar-refractivity contribution in [1.29, 1.82) is 0 Å². The van der Waals surface area contributed by atoms with Crippen molar-refractivity contribution in [2.75, 3.05) is 33.7 Å². The van der Waals surface area contributed by atoms with E-state index in [2.05, 4.69) is 57.1 Å². The second-order valence-corrected chi connectivity index (χ2v) is 7.15. The van der Waals surface area contributed by atoms with E-state index in [1.54, 1.807) is 19.0 Å². The smallest absolute Gasteiger partial charge is 0.243 e. The Morgan fingerprint density at radius 3 is 2.41 bits per heavy atom. The third kappa shape index (κ3) is 6.10. The Labute approximate surface area is 172 Å². The van der Waals surface area contributed by atoms with Crippen molar-refractivity contribution in [2.45, 2.75) is 12.8 Å². The predicted octanol–water partition coefficient (Wildman–Crippen LogP) is 2.58. The molecule has 0 aliphatic heterocycles. The number of aliphatic imine (C=N–C) groups is 1. The van der Waals surface area contributed by atoms with Gasteiger partial charge in [-0.3, -0.25) is 4.79 Å². The van der Waals surface area contributed by atoms with E-state index in [-0.39, 0.29) is 12.5 Å². The van der Waals surface area contributed by atoms with Crippen molar-refractivity contribution < 1.29 is 4.79 Å². The molecule has 3 rings (SSSR count). The molecule has 1 aromatic heterocycles. The van der Waals surface area contributed by atoms with Gasteiger partial charge in [-0.05, 0) is 30.0 Å². The highest BCUT2D eigenvalue weighted by atomic mass is 16.2. The number of likely N-dealkylation sites (N-methyl/N-ethyl adjacent to an activating group) is 1. The Kier molecular flexibility index (Phi) is 7.28. The van der Waals surface area contributed by atoms with Gasteiger partial charge in [-0.1, -0.05) is 48.5 Å². The number of hydrogen-bond donors (Lipinski definition) is 3. The second-order valence-electron chi connectivity index (χ2n) is 7.15. The van der Waals surface area contributed by atoms with Gasteiger partial charge in [-0.15, -0.1) is 0 Å². The first-order chi connectivity index (χ1) is 14.1. The standard InChI is InChI=1S/C23H29N5O/c1-28(2)22(29)17-27-23(24-14-12-18-8-4-3-5-9-18)25-15-13-19-16-26-21-11-7-6-10-20(19)21/h3-11,16,26H,12-15,17H2,1-2H3,(H2,24,25,27). The van der Waals surface area contributed by atoms with E-state index in [4.69, 9.17) is 0 Å². The van der Waals surface area contributed by atoms with Gasteiger partial charge in [0, 0.05) is 44.3 Å². The summed E-state index contributed by atoms with van der Waals surface area (Å²) in [5.74, 6) is 0.641. The second kappa shape index (κ2) is 10.3. The lowest BCUT2D eigenvalue weighted by molar-refractivity contribution is -0.127. The molecular formula is C23H29N5O. The summed E-state index contributed by atoms with van der Waals surface area (Å²) in [6, 6.07) is 18.6. The lowest BCUT2D eigenvalue weighted by Crippen LogP contribution is -2.40. The lowest BCUT2D eigenvalue weighted by atomic mass is 10.1. The van der Waals surface area contributed by atoms with E-state index >= 15 is 0 Å². The summed E-state index contributed by atoms with van der Waals surface area (Å²) in [7, 11) is 3.48. The molecule has 0 spiro atoms. The van der Waals surface area contributed by atoms with Crippen molar-refractivity contribution in [3.05, 3.63) is 71.9 Å². The average Bonchev–Trinajstić information content (AvgIpc) is 3.15. The van der Waals surface area contributed by atoms with E-state index < -0.39 is 0 Å². The first-order valence-corrected chi connectivity index (χ1v) is 9.95. The topological polar surface area (TPSA) is 72.5 Å². The van der Waals surface area contributed by atoms with Crippen LogP contribution in [0.4, 0.5) is 0 Å². The van der Waals surface area contributed by atoms with Crippen LogP contribution in [0.1, 0.15) is 11.1 Å². The molecule has 0 aliphatic carbocycles. The molecular weight excluding hydrogens is 362 g/mol. The fourth-order valence-corrected chi connectivity index (χ4v) is 3.09. The average molecular weight is 392 g/mol. The molecule has 0 fully saturated rings. The summed E-state index contributed by atoms with van der Waals surface area (Å²) in [5.41, 5.74) is 3.68. The third-order valence-corrected chi connectivity index (χ3v) is 4.78. The zero-order valence-corrected chi connectivity index (χ0v) is 17.1. The first-order valence-electron chi connectivity index (χ1n) is 9.95. The van der Waals surface area contributed by atoms with Crippen LogP contribution in [0, 0.1) is 0 Å². The molecule has 2 aromatic carbocycles. The molecule has 1 heterocycles. The van der Waals surface area contributed by atoms with Gasteiger partial charge in [0.2, 0.25) is 5.91 Å². The number of guanidine groups is 1. The number of nitrogens with zero attached hydrogens (tertiary/aromatic N) is 2. The summed E-state index contributed by atoms with van der Waals surface area (Å²) in [6.07, 6.45) is 3.82. The number of carbonyl (C=O) groups is 1. The molecule has 3 aromatic rings. The number of H-pyrrole nitrogens is 1. The van der Waals surface area contributed by atoms with Gasteiger partial charge in [0.1, 0.15) is 6.54 Å². The summed E-state index contributed by atoms with van der Waals surface area (Å²) >= 11 is 0. The Bertz CT molecular complexity index is 946. The molecule has 6 nitrogen and oxygen atoms in total. The minimum atomic E-state index is -0.0224. The first kappa shape index (κ1) is 20.5. The molecule has 0 bridgehead atoms. The predicted molar refractivity (Wildman–Crippen MR) is 119 cm³/mol. The Balaban J connectivity index is 1.56. The van der Waals surface area contributed by atoms with E-state index in [0.29, 0.717) is 5.96 Å². The largest absolute Gasteiger partial charge is 0.361 e. The molecule has 0 atom stereocenters. The maximum absolute atomic E-state index is 11.9. The number of nitrogens with one attached hydrogen (secondary N) is 3. The third-order valence-electron chi connectivity index (χ3n) is 4.78. The number of benzene rings is 2. The number of hydrogen-bond acceptors (Lipinski definition) is 2. The Morgan fingerprint density at radius 2 is 1.66 bits per heavy atom. The molecule has 0 unspecified atom stereocenters. The van der Waals surface area contributed by atoms with Crippen LogP contribution in [0.3, 0.4) is 0 Å². The molecule has 0 saturated heterocycles. The summed E-state index contributed by atoms with van der Waals surface area (Å²) < 4.78 is 0. The molecule has 1 amide bonds. The van der Waals surface area contributed by atoms with Gasteiger partial charge >= 0.3 is 0 Å². The number of amides is 1. The molecule has 3 N–H and O–H groups in total. The van der Waals surface area contributed by atoms with E-state index in [1.807, 2.05) is 24.3 Å². The van der Waals surface area contributed by atoms with Crippen LogP contribution in [0.25, 0.3) is 10.9 Å². The Hall–Kier alpha value is -3.28. The van der Waals surface area contributed by atoms with Gasteiger partial charge < -0.3 is 20.5 Å². The molecule has 0 radical (unpaired) electrons. The SMILES string of the molecule is CN(C)C(=O)CN=C(NCCc1ccccc1)NCCc1c[nH]c2ccccc12. The fraction of sp³-hybridized carbons (Fsp3) is 0.304. The quantitative estimate of drug-likeness (QED) is 0.408. The van der Waals surface area contributed by atoms with E-state index in [0.717, 1.165) is 31.4 Å². The zero-order valence-electron chi connectivity index (χ0n) is 17.1.